The average Bonchev–Trinajstić information content (AvgIpc) is 3.71. The van der Waals surface area contributed by atoms with Crippen molar-refractivity contribution in [2.45, 2.75) is 38.5 Å². The standard InChI is InChI=1S/C37H28FN.C25H18BrF/c1-37(2)33-23-26(19-22-32(33)36-31-16-10-9-15-30(31)35(38)24-34(36)37)25-17-20-29(21-18-25)39(27-11-5-3-6-12-27)28-13-7-4-8-14-28;1-25(2)21-13-16(15-7-10-17(26)11-8-15)9-12-20(21)24-19-6-4-3-5-18(19)23(27)14-22(24)25/h3-24H,1-2H3;3-14H,1-2H3. The van der Waals surface area contributed by atoms with Crippen molar-refractivity contribution in [2.75, 3.05) is 4.90 Å². The summed E-state index contributed by atoms with van der Waals surface area (Å²) in [4.78, 5) is 2.27. The van der Waals surface area contributed by atoms with Gasteiger partial charge in [0.05, 0.1) is 0 Å². The highest BCUT2D eigenvalue weighted by molar-refractivity contribution is 9.10. The summed E-state index contributed by atoms with van der Waals surface area (Å²) >= 11 is 3.50. The average molecular weight is 923 g/mol. The third kappa shape index (κ3) is 6.86. The first kappa shape index (κ1) is 41.6. The van der Waals surface area contributed by atoms with Crippen LogP contribution in [0.5, 0.6) is 0 Å². The first-order chi connectivity index (χ1) is 32.0. The van der Waals surface area contributed by atoms with E-state index < -0.39 is 0 Å². The molecule has 0 saturated heterocycles. The summed E-state index contributed by atoms with van der Waals surface area (Å²) in [6.07, 6.45) is 0. The summed E-state index contributed by atoms with van der Waals surface area (Å²) in [5.74, 6) is -0.291. The van der Waals surface area contributed by atoms with Crippen molar-refractivity contribution in [3.8, 4) is 44.5 Å². The smallest absolute Gasteiger partial charge is 0.131 e. The maximum absolute atomic E-state index is 15.1. The fourth-order valence-corrected chi connectivity index (χ4v) is 10.7. The van der Waals surface area contributed by atoms with E-state index in [0.717, 1.165) is 60.1 Å². The van der Waals surface area contributed by atoms with Crippen LogP contribution in [-0.2, 0) is 10.8 Å². The van der Waals surface area contributed by atoms with Crippen molar-refractivity contribution in [1.82, 2.24) is 0 Å². The molecule has 4 heteroatoms. The molecule has 0 spiro atoms. The molecule has 0 aromatic heterocycles. The maximum Gasteiger partial charge on any atom is 0.131 e. The molecule has 0 atom stereocenters. The van der Waals surface area contributed by atoms with Gasteiger partial charge in [0.25, 0.3) is 0 Å². The van der Waals surface area contributed by atoms with Crippen LogP contribution in [0.1, 0.15) is 49.9 Å². The lowest BCUT2D eigenvalue weighted by atomic mass is 9.81. The minimum atomic E-state index is -0.289. The molecule has 0 amide bonds. The van der Waals surface area contributed by atoms with E-state index in [4.69, 9.17) is 0 Å². The molecule has 320 valence electrons. The molecule has 0 radical (unpaired) electrons. The van der Waals surface area contributed by atoms with E-state index in [0.29, 0.717) is 10.8 Å². The van der Waals surface area contributed by atoms with E-state index in [2.05, 4.69) is 182 Å². The number of hydrogen-bond acceptors (Lipinski definition) is 1. The minimum Gasteiger partial charge on any atom is -0.311 e. The van der Waals surface area contributed by atoms with E-state index in [1.165, 1.54) is 38.9 Å². The van der Waals surface area contributed by atoms with Crippen molar-refractivity contribution in [3.63, 3.8) is 0 Å². The Morgan fingerprint density at radius 3 is 1.12 bits per heavy atom. The van der Waals surface area contributed by atoms with Gasteiger partial charge in [-0.3, -0.25) is 0 Å². The number of para-hydroxylation sites is 2. The molecule has 0 heterocycles. The van der Waals surface area contributed by atoms with Gasteiger partial charge in [-0.25, -0.2) is 8.78 Å². The Morgan fingerprint density at radius 1 is 0.348 bits per heavy atom. The summed E-state index contributed by atoms with van der Waals surface area (Å²) in [5.41, 5.74) is 16.9. The highest BCUT2D eigenvalue weighted by Gasteiger charge is 2.39. The Morgan fingerprint density at radius 2 is 0.697 bits per heavy atom. The van der Waals surface area contributed by atoms with Crippen molar-refractivity contribution < 1.29 is 8.78 Å². The maximum atomic E-state index is 15.1. The summed E-state index contributed by atoms with van der Waals surface area (Å²) < 4.78 is 31.0. The summed E-state index contributed by atoms with van der Waals surface area (Å²) in [7, 11) is 0. The topological polar surface area (TPSA) is 3.24 Å². The van der Waals surface area contributed by atoms with E-state index in [1.54, 1.807) is 12.1 Å². The van der Waals surface area contributed by atoms with Crippen LogP contribution in [-0.4, -0.2) is 0 Å². The van der Waals surface area contributed by atoms with E-state index in [1.807, 2.05) is 60.7 Å². The number of anilines is 3. The largest absolute Gasteiger partial charge is 0.311 e. The number of fused-ring (bicyclic) bond motifs is 10. The van der Waals surface area contributed by atoms with Gasteiger partial charge in [0, 0.05) is 43.1 Å². The molecule has 10 aromatic rings. The third-order valence-electron chi connectivity index (χ3n) is 13.9. The molecule has 1 nitrogen and oxygen atoms in total. The SMILES string of the molecule is CC1(C)c2cc(-c3ccc(Br)cc3)ccc2-c2c1cc(F)c1ccccc21.CC1(C)c2cc(-c3ccc(N(c4ccccc4)c4ccccc4)cc3)ccc2-c2c1cc(F)c1ccccc21. The van der Waals surface area contributed by atoms with Crippen LogP contribution in [0.15, 0.2) is 211 Å². The zero-order chi connectivity index (χ0) is 45.3. The van der Waals surface area contributed by atoms with Gasteiger partial charge in [-0.05, 0) is 150 Å². The Bertz CT molecular complexity index is 3450. The van der Waals surface area contributed by atoms with Gasteiger partial charge in [-0.2, -0.15) is 0 Å². The second kappa shape index (κ2) is 16.1. The first-order valence-electron chi connectivity index (χ1n) is 22.5. The van der Waals surface area contributed by atoms with Crippen molar-refractivity contribution >= 4 is 54.5 Å². The molecular formula is C62H46BrF2N. The summed E-state index contributed by atoms with van der Waals surface area (Å²) in [5, 5.41) is 3.35. The van der Waals surface area contributed by atoms with Gasteiger partial charge < -0.3 is 4.90 Å². The second-order valence-corrected chi connectivity index (χ2v) is 19.4. The molecule has 12 rings (SSSR count). The van der Waals surface area contributed by atoms with Gasteiger partial charge in [-0.1, -0.05) is 177 Å². The van der Waals surface area contributed by atoms with Crippen LogP contribution in [0.25, 0.3) is 66.1 Å². The molecule has 0 aliphatic heterocycles. The molecule has 66 heavy (non-hydrogen) atoms. The van der Waals surface area contributed by atoms with Crippen LogP contribution in [0, 0.1) is 11.6 Å². The second-order valence-electron chi connectivity index (χ2n) is 18.5. The third-order valence-corrected chi connectivity index (χ3v) is 14.5. The number of halogens is 3. The molecule has 0 bridgehead atoms. The van der Waals surface area contributed by atoms with E-state index in [-0.39, 0.29) is 22.5 Å². The van der Waals surface area contributed by atoms with Gasteiger partial charge in [0.1, 0.15) is 11.6 Å². The van der Waals surface area contributed by atoms with Gasteiger partial charge in [0.2, 0.25) is 0 Å². The Balaban J connectivity index is 0.000000156. The molecular weight excluding hydrogens is 877 g/mol. The predicted octanol–water partition coefficient (Wildman–Crippen LogP) is 18.1. The van der Waals surface area contributed by atoms with Gasteiger partial charge >= 0.3 is 0 Å². The van der Waals surface area contributed by atoms with Crippen LogP contribution in [0.2, 0.25) is 0 Å². The monoisotopic (exact) mass is 921 g/mol. The molecule has 2 aliphatic rings. The lowest BCUT2D eigenvalue weighted by molar-refractivity contribution is 0.619. The molecule has 0 N–H and O–H groups in total. The van der Waals surface area contributed by atoms with Gasteiger partial charge in [-0.15, -0.1) is 0 Å². The summed E-state index contributed by atoms with van der Waals surface area (Å²) in [6.45, 7) is 8.79. The van der Waals surface area contributed by atoms with Crippen molar-refractivity contribution in [1.29, 1.82) is 0 Å². The quantitative estimate of drug-likeness (QED) is 0.166. The number of rotatable bonds is 5. The fourth-order valence-electron chi connectivity index (χ4n) is 10.5. The zero-order valence-electron chi connectivity index (χ0n) is 37.2. The fraction of sp³-hybridized carbons (Fsp3) is 0.0968. The highest BCUT2D eigenvalue weighted by Crippen LogP contribution is 2.54. The van der Waals surface area contributed by atoms with Crippen LogP contribution >= 0.6 is 15.9 Å². The number of nitrogens with zero attached hydrogens (tertiary/aromatic N) is 1. The number of benzene rings is 10. The summed E-state index contributed by atoms with van der Waals surface area (Å²) in [6, 6.07) is 70.4. The van der Waals surface area contributed by atoms with Gasteiger partial charge in [0.15, 0.2) is 0 Å². The normalized spacial score (nSPS) is 13.6. The highest BCUT2D eigenvalue weighted by atomic mass is 79.9. The Labute approximate surface area is 393 Å². The Hall–Kier alpha value is -7.14. The molecule has 0 fully saturated rings. The van der Waals surface area contributed by atoms with E-state index >= 15 is 4.39 Å². The van der Waals surface area contributed by atoms with Crippen LogP contribution < -0.4 is 4.90 Å². The predicted molar refractivity (Wildman–Crippen MR) is 276 cm³/mol. The van der Waals surface area contributed by atoms with E-state index in [9.17, 15) is 4.39 Å². The molecule has 0 unspecified atom stereocenters. The number of hydrogen-bond donors (Lipinski definition) is 0. The molecule has 2 aliphatic carbocycles. The Kier molecular flexibility index (Phi) is 10.1. The van der Waals surface area contributed by atoms with Crippen LogP contribution in [0.3, 0.4) is 0 Å². The zero-order valence-corrected chi connectivity index (χ0v) is 38.8. The lowest BCUT2D eigenvalue weighted by Gasteiger charge is -2.25. The first-order valence-corrected chi connectivity index (χ1v) is 23.3. The lowest BCUT2D eigenvalue weighted by Crippen LogP contribution is -2.15. The molecule has 0 saturated carbocycles. The molecule has 10 aromatic carbocycles. The van der Waals surface area contributed by atoms with Crippen molar-refractivity contribution in [2.24, 2.45) is 0 Å². The van der Waals surface area contributed by atoms with Crippen LogP contribution in [0.4, 0.5) is 25.8 Å². The van der Waals surface area contributed by atoms with Crippen molar-refractivity contribution in [3.05, 3.63) is 245 Å². The minimum absolute atomic E-state index is 0.140.